The highest BCUT2D eigenvalue weighted by atomic mass is 32.2. The summed E-state index contributed by atoms with van der Waals surface area (Å²) in [6.45, 7) is 0.469. The maximum Gasteiger partial charge on any atom is 0.137 e. The monoisotopic (exact) mass is 503 g/mol. The second kappa shape index (κ2) is 9.40. The fraction of sp³-hybridized carbons (Fsp3) is 0.185. The minimum Gasteiger partial charge on any atom is -0.394 e. The minimum atomic E-state index is -0.602. The molecular formula is C27H23F2N5OS. The lowest BCUT2D eigenvalue weighted by Gasteiger charge is -2.12. The first-order valence-corrected chi connectivity index (χ1v) is 12.6. The van der Waals surface area contributed by atoms with E-state index in [1.807, 2.05) is 47.1 Å². The van der Waals surface area contributed by atoms with Crippen molar-refractivity contribution in [1.82, 2.24) is 19.2 Å². The molecule has 1 aliphatic rings. The number of anilines is 1. The molecule has 0 radical (unpaired) electrons. The number of nitrogens with zero attached hydrogens (tertiary/aromatic N) is 4. The molecule has 3 aromatic heterocycles. The van der Waals surface area contributed by atoms with Gasteiger partial charge in [0.1, 0.15) is 17.3 Å². The lowest BCUT2D eigenvalue weighted by atomic mass is 10.00. The SMILES string of the molecule is OCCn1cc(-c2ccn3c(-c4cc(NSC5CC5)cc(-c5ccc(F)cc5F)c4)cnc3c2)cn1. The Hall–Kier alpha value is -3.69. The minimum absolute atomic E-state index is 0.0284. The summed E-state index contributed by atoms with van der Waals surface area (Å²) in [4.78, 5) is 4.62. The molecule has 5 aromatic rings. The van der Waals surface area contributed by atoms with Crippen LogP contribution in [0.4, 0.5) is 14.5 Å². The Kier molecular flexibility index (Phi) is 5.94. The smallest absolute Gasteiger partial charge is 0.137 e. The van der Waals surface area contributed by atoms with Crippen molar-refractivity contribution < 1.29 is 13.9 Å². The molecule has 0 aliphatic heterocycles. The maximum atomic E-state index is 14.7. The van der Waals surface area contributed by atoms with Crippen molar-refractivity contribution in [2.24, 2.45) is 0 Å². The fourth-order valence-corrected chi connectivity index (χ4v) is 4.95. The van der Waals surface area contributed by atoms with E-state index in [1.165, 1.54) is 25.0 Å². The van der Waals surface area contributed by atoms with E-state index in [9.17, 15) is 8.78 Å². The van der Waals surface area contributed by atoms with Gasteiger partial charge in [-0.3, -0.25) is 9.08 Å². The Labute approximate surface area is 210 Å². The largest absolute Gasteiger partial charge is 0.394 e. The summed E-state index contributed by atoms with van der Waals surface area (Å²) >= 11 is 1.67. The van der Waals surface area contributed by atoms with Gasteiger partial charge >= 0.3 is 0 Å². The summed E-state index contributed by atoms with van der Waals surface area (Å²) in [5.74, 6) is -1.20. The topological polar surface area (TPSA) is 67.4 Å². The van der Waals surface area contributed by atoms with E-state index in [0.717, 1.165) is 39.8 Å². The van der Waals surface area contributed by atoms with Crippen LogP contribution in [-0.4, -0.2) is 36.1 Å². The molecule has 9 heteroatoms. The number of benzene rings is 2. The van der Waals surface area contributed by atoms with E-state index in [2.05, 4.69) is 14.8 Å². The van der Waals surface area contributed by atoms with E-state index in [4.69, 9.17) is 5.11 Å². The molecule has 36 heavy (non-hydrogen) atoms. The first kappa shape index (κ1) is 22.8. The van der Waals surface area contributed by atoms with Crippen LogP contribution in [0.25, 0.3) is 39.2 Å². The zero-order chi connectivity index (χ0) is 24.6. The number of imidazole rings is 1. The van der Waals surface area contributed by atoms with Crippen LogP contribution in [0.5, 0.6) is 0 Å². The number of halogens is 2. The summed E-state index contributed by atoms with van der Waals surface area (Å²) in [7, 11) is 0. The van der Waals surface area contributed by atoms with Crippen LogP contribution in [0, 0.1) is 11.6 Å². The maximum absolute atomic E-state index is 14.7. The van der Waals surface area contributed by atoms with Crippen LogP contribution in [0.3, 0.4) is 0 Å². The molecule has 0 atom stereocenters. The molecule has 6 rings (SSSR count). The third kappa shape index (κ3) is 4.59. The number of aromatic nitrogens is 4. The Bertz CT molecular complexity index is 1560. The third-order valence-corrected chi connectivity index (χ3v) is 7.31. The van der Waals surface area contributed by atoms with E-state index in [1.54, 1.807) is 29.0 Å². The van der Waals surface area contributed by atoms with E-state index in [-0.39, 0.29) is 6.61 Å². The van der Waals surface area contributed by atoms with Crippen LogP contribution < -0.4 is 4.72 Å². The number of hydrogen-bond acceptors (Lipinski definition) is 5. The molecule has 0 unspecified atom stereocenters. The van der Waals surface area contributed by atoms with Gasteiger partial charge in [-0.2, -0.15) is 5.10 Å². The van der Waals surface area contributed by atoms with Crippen molar-refractivity contribution >= 4 is 23.3 Å². The highest BCUT2D eigenvalue weighted by Gasteiger charge is 2.22. The number of rotatable bonds is 8. The number of nitrogens with one attached hydrogen (secondary N) is 1. The lowest BCUT2D eigenvalue weighted by molar-refractivity contribution is 0.269. The summed E-state index contributed by atoms with van der Waals surface area (Å²) in [6, 6.07) is 13.4. The Morgan fingerprint density at radius 1 is 0.972 bits per heavy atom. The van der Waals surface area contributed by atoms with E-state index < -0.39 is 11.6 Å². The molecule has 2 N–H and O–H groups in total. The third-order valence-electron chi connectivity index (χ3n) is 6.15. The average Bonchev–Trinajstić information content (AvgIpc) is 3.42. The molecule has 1 saturated carbocycles. The number of fused-ring (bicyclic) bond motifs is 1. The standard InChI is InChI=1S/C27H23F2N5OS/c28-21-1-4-24(25(29)13-21)18-9-19(11-22(10-18)32-36-23-2-3-23)26-15-30-27-12-17(5-6-34(26)27)20-14-31-33(16-20)7-8-35/h1,4-6,9-16,23,32,35H,2-3,7-8H2. The van der Waals surface area contributed by atoms with Crippen molar-refractivity contribution in [1.29, 1.82) is 0 Å². The van der Waals surface area contributed by atoms with E-state index in [0.29, 0.717) is 22.9 Å². The second-order valence-electron chi connectivity index (χ2n) is 8.85. The zero-order valence-electron chi connectivity index (χ0n) is 19.2. The number of hydrogen-bond donors (Lipinski definition) is 2. The quantitative estimate of drug-likeness (QED) is 0.253. The van der Waals surface area contributed by atoms with Gasteiger partial charge in [0.05, 0.1) is 31.2 Å². The van der Waals surface area contributed by atoms with Gasteiger partial charge in [-0.05, 0) is 78.4 Å². The highest BCUT2D eigenvalue weighted by molar-refractivity contribution is 8.01. The molecule has 2 aromatic carbocycles. The molecule has 0 bridgehead atoms. The highest BCUT2D eigenvalue weighted by Crippen LogP contribution is 2.37. The molecule has 1 fully saturated rings. The predicted octanol–water partition coefficient (Wildman–Crippen LogP) is 6.02. The summed E-state index contributed by atoms with van der Waals surface area (Å²) < 4.78 is 35.3. The van der Waals surface area contributed by atoms with Crippen LogP contribution in [0.2, 0.25) is 0 Å². The van der Waals surface area contributed by atoms with Gasteiger partial charge in [0, 0.05) is 46.1 Å². The summed E-state index contributed by atoms with van der Waals surface area (Å²) in [5, 5.41) is 14.0. The predicted molar refractivity (Wildman–Crippen MR) is 139 cm³/mol. The molecule has 1 aliphatic carbocycles. The van der Waals surface area contributed by atoms with Gasteiger partial charge in [0.15, 0.2) is 0 Å². The molecule has 6 nitrogen and oxygen atoms in total. The van der Waals surface area contributed by atoms with Crippen LogP contribution in [0.1, 0.15) is 12.8 Å². The normalized spacial score (nSPS) is 13.4. The van der Waals surface area contributed by atoms with Crippen LogP contribution in [0.15, 0.2) is 73.3 Å². The van der Waals surface area contributed by atoms with Gasteiger partial charge in [0.2, 0.25) is 0 Å². The van der Waals surface area contributed by atoms with Crippen LogP contribution >= 0.6 is 11.9 Å². The van der Waals surface area contributed by atoms with Gasteiger partial charge in [0.25, 0.3) is 0 Å². The van der Waals surface area contributed by atoms with E-state index >= 15 is 0 Å². The van der Waals surface area contributed by atoms with Crippen molar-refractivity contribution in [3.8, 4) is 33.5 Å². The Morgan fingerprint density at radius 2 is 1.83 bits per heavy atom. The summed E-state index contributed by atoms with van der Waals surface area (Å²) in [5.41, 5.74) is 6.24. The van der Waals surface area contributed by atoms with Crippen molar-refractivity contribution in [3.63, 3.8) is 0 Å². The molecule has 0 saturated heterocycles. The second-order valence-corrected chi connectivity index (χ2v) is 9.95. The molecular weight excluding hydrogens is 480 g/mol. The van der Waals surface area contributed by atoms with Gasteiger partial charge in [-0.1, -0.05) is 0 Å². The number of aliphatic hydroxyl groups excluding tert-OH is 1. The first-order valence-electron chi connectivity index (χ1n) is 11.7. The number of aliphatic hydroxyl groups is 1. The van der Waals surface area contributed by atoms with Gasteiger partial charge < -0.3 is 9.83 Å². The lowest BCUT2D eigenvalue weighted by Crippen LogP contribution is -2.01. The van der Waals surface area contributed by atoms with Crippen molar-refractivity contribution in [3.05, 3.63) is 85.0 Å². The van der Waals surface area contributed by atoms with Crippen molar-refractivity contribution in [2.75, 3.05) is 11.3 Å². The fourth-order valence-electron chi connectivity index (χ4n) is 4.16. The van der Waals surface area contributed by atoms with Gasteiger partial charge in [-0.25, -0.2) is 13.8 Å². The Balaban J connectivity index is 1.40. The molecule has 0 amide bonds. The number of pyridine rings is 1. The summed E-state index contributed by atoms with van der Waals surface area (Å²) in [6.07, 6.45) is 9.78. The van der Waals surface area contributed by atoms with Crippen LogP contribution in [-0.2, 0) is 6.54 Å². The van der Waals surface area contributed by atoms with Crippen molar-refractivity contribution in [2.45, 2.75) is 24.6 Å². The zero-order valence-corrected chi connectivity index (χ0v) is 20.1. The molecule has 3 heterocycles. The molecule has 182 valence electrons. The van der Waals surface area contributed by atoms with Gasteiger partial charge in [-0.15, -0.1) is 0 Å². The molecule has 0 spiro atoms. The Morgan fingerprint density at radius 3 is 2.64 bits per heavy atom. The first-order chi connectivity index (χ1) is 17.6. The average molecular weight is 504 g/mol.